The van der Waals surface area contributed by atoms with Gasteiger partial charge in [-0.15, -0.1) is 23.1 Å². The highest BCUT2D eigenvalue weighted by atomic mass is 32.2. The van der Waals surface area contributed by atoms with Gasteiger partial charge in [-0.25, -0.2) is 4.98 Å². The number of hydrogen-bond acceptors (Lipinski definition) is 6. The molecule has 0 aliphatic rings. The summed E-state index contributed by atoms with van der Waals surface area (Å²) in [5.74, 6) is 0.681. The van der Waals surface area contributed by atoms with E-state index in [0.717, 1.165) is 17.1 Å². The molecule has 0 bridgehead atoms. The molecule has 0 saturated carbocycles. The number of rotatable bonds is 7. The van der Waals surface area contributed by atoms with Crippen molar-refractivity contribution in [3.8, 4) is 0 Å². The van der Waals surface area contributed by atoms with E-state index >= 15 is 0 Å². The van der Waals surface area contributed by atoms with Crippen molar-refractivity contribution in [3.63, 3.8) is 0 Å². The van der Waals surface area contributed by atoms with Crippen LogP contribution in [0.1, 0.15) is 5.69 Å². The average molecular weight is 437 g/mol. The Labute approximate surface area is 182 Å². The lowest BCUT2D eigenvalue weighted by Gasteiger charge is -2.22. The number of benzene rings is 2. The Bertz CT molecular complexity index is 1220. The van der Waals surface area contributed by atoms with E-state index in [0.29, 0.717) is 16.4 Å². The number of fused-ring (bicyclic) bond motifs is 1. The Morgan fingerprint density at radius 3 is 2.77 bits per heavy atom. The number of hydrogen-bond donors (Lipinski definition) is 1. The van der Waals surface area contributed by atoms with Gasteiger partial charge in [0.05, 0.1) is 22.8 Å². The van der Waals surface area contributed by atoms with Crippen LogP contribution in [0.15, 0.2) is 77.0 Å². The summed E-state index contributed by atoms with van der Waals surface area (Å²) in [6.07, 6.45) is 1.71. The highest BCUT2D eigenvalue weighted by Crippen LogP contribution is 2.30. The fourth-order valence-electron chi connectivity index (χ4n) is 3.06. The first-order valence-electron chi connectivity index (χ1n) is 9.33. The number of para-hydroxylation sites is 3. The van der Waals surface area contributed by atoms with Gasteiger partial charge in [-0.2, -0.15) is 0 Å². The minimum Gasteiger partial charge on any atom is -0.343 e. The SMILES string of the molecule is CN(c1ccccc1)c1ccccc1NC(=O)CSCc1cc(=O)n2ccsc2n1. The number of nitrogens with zero attached hydrogens (tertiary/aromatic N) is 3. The minimum absolute atomic E-state index is 0.0946. The molecule has 2 heterocycles. The van der Waals surface area contributed by atoms with E-state index in [1.807, 2.05) is 71.9 Å². The maximum Gasteiger partial charge on any atom is 0.258 e. The second-order valence-electron chi connectivity index (χ2n) is 6.59. The van der Waals surface area contributed by atoms with Crippen molar-refractivity contribution < 1.29 is 4.79 Å². The van der Waals surface area contributed by atoms with Gasteiger partial charge in [0.25, 0.3) is 5.56 Å². The smallest absolute Gasteiger partial charge is 0.258 e. The summed E-state index contributed by atoms with van der Waals surface area (Å²) in [5.41, 5.74) is 3.30. The van der Waals surface area contributed by atoms with Crippen LogP contribution in [0, 0.1) is 0 Å². The number of amides is 1. The molecule has 152 valence electrons. The summed E-state index contributed by atoms with van der Waals surface area (Å²) >= 11 is 2.85. The lowest BCUT2D eigenvalue weighted by atomic mass is 10.2. The predicted molar refractivity (Wildman–Crippen MR) is 125 cm³/mol. The second kappa shape index (κ2) is 9.15. The van der Waals surface area contributed by atoms with Crippen LogP contribution in [-0.4, -0.2) is 28.1 Å². The van der Waals surface area contributed by atoms with Crippen molar-refractivity contribution in [2.75, 3.05) is 23.0 Å². The molecular formula is C22H20N4O2S2. The van der Waals surface area contributed by atoms with Crippen LogP contribution in [0.3, 0.4) is 0 Å². The Kier molecular flexibility index (Phi) is 6.15. The first-order chi connectivity index (χ1) is 14.6. The number of thioether (sulfide) groups is 1. The van der Waals surface area contributed by atoms with Gasteiger partial charge in [-0.1, -0.05) is 30.3 Å². The maximum absolute atomic E-state index is 12.5. The highest BCUT2D eigenvalue weighted by Gasteiger charge is 2.12. The summed E-state index contributed by atoms with van der Waals surface area (Å²) < 4.78 is 1.52. The number of nitrogens with one attached hydrogen (secondary N) is 1. The first kappa shape index (κ1) is 20.2. The standard InChI is InChI=1S/C22H20N4O2S2/c1-25(17-7-3-2-4-8-17)19-10-6-5-9-18(19)24-20(27)15-29-14-16-13-21(28)26-11-12-30-22(26)23-16/h2-13H,14-15H2,1H3,(H,24,27). The van der Waals surface area contributed by atoms with E-state index in [1.165, 1.54) is 33.6 Å². The Morgan fingerprint density at radius 2 is 1.93 bits per heavy atom. The number of anilines is 3. The number of thiazole rings is 1. The van der Waals surface area contributed by atoms with Crippen LogP contribution in [0.2, 0.25) is 0 Å². The van der Waals surface area contributed by atoms with Crippen LogP contribution in [0.4, 0.5) is 17.1 Å². The molecule has 8 heteroatoms. The van der Waals surface area contributed by atoms with Crippen LogP contribution in [0.25, 0.3) is 4.96 Å². The third kappa shape index (κ3) is 4.55. The molecule has 0 aliphatic heterocycles. The molecule has 6 nitrogen and oxygen atoms in total. The highest BCUT2D eigenvalue weighted by molar-refractivity contribution is 7.99. The molecule has 0 unspecified atom stereocenters. The largest absolute Gasteiger partial charge is 0.343 e. The Hall–Kier alpha value is -3.10. The Morgan fingerprint density at radius 1 is 1.17 bits per heavy atom. The summed E-state index contributed by atoms with van der Waals surface area (Å²) in [6, 6.07) is 19.2. The van der Waals surface area contributed by atoms with E-state index in [9.17, 15) is 9.59 Å². The van der Waals surface area contributed by atoms with Crippen LogP contribution in [0.5, 0.6) is 0 Å². The van der Waals surface area contributed by atoms with Crippen LogP contribution >= 0.6 is 23.1 Å². The quantitative estimate of drug-likeness (QED) is 0.465. The van der Waals surface area contributed by atoms with E-state index in [4.69, 9.17) is 0 Å². The molecule has 0 radical (unpaired) electrons. The maximum atomic E-state index is 12.5. The molecule has 0 aliphatic carbocycles. The molecule has 2 aromatic carbocycles. The van der Waals surface area contributed by atoms with E-state index in [-0.39, 0.29) is 17.2 Å². The van der Waals surface area contributed by atoms with Crippen molar-refractivity contribution in [1.82, 2.24) is 9.38 Å². The molecule has 0 saturated heterocycles. The van der Waals surface area contributed by atoms with Crippen molar-refractivity contribution >= 4 is 51.0 Å². The van der Waals surface area contributed by atoms with Crippen LogP contribution in [-0.2, 0) is 10.5 Å². The second-order valence-corrected chi connectivity index (χ2v) is 8.45. The molecule has 30 heavy (non-hydrogen) atoms. The zero-order chi connectivity index (χ0) is 20.9. The molecular weight excluding hydrogens is 416 g/mol. The summed E-state index contributed by atoms with van der Waals surface area (Å²) in [5, 5.41) is 4.83. The van der Waals surface area contributed by atoms with Crippen LogP contribution < -0.4 is 15.8 Å². The van der Waals surface area contributed by atoms with Gasteiger partial charge in [0.2, 0.25) is 5.91 Å². The lowest BCUT2D eigenvalue weighted by Crippen LogP contribution is -2.18. The predicted octanol–water partition coefficient (Wildman–Crippen LogP) is 4.40. The van der Waals surface area contributed by atoms with E-state index in [2.05, 4.69) is 10.3 Å². The molecule has 1 amide bonds. The fraction of sp³-hybridized carbons (Fsp3) is 0.136. The van der Waals surface area contributed by atoms with Gasteiger partial charge in [-0.05, 0) is 24.3 Å². The zero-order valence-electron chi connectivity index (χ0n) is 16.3. The minimum atomic E-state index is -0.0980. The molecule has 2 aromatic heterocycles. The molecule has 0 spiro atoms. The molecule has 1 N–H and O–H groups in total. The Balaban J connectivity index is 1.39. The fourth-order valence-corrected chi connectivity index (χ4v) is 4.51. The zero-order valence-corrected chi connectivity index (χ0v) is 18.0. The molecule has 4 aromatic rings. The number of carbonyl (C=O) groups is 1. The first-order valence-corrected chi connectivity index (χ1v) is 11.4. The summed E-state index contributed by atoms with van der Waals surface area (Å²) in [4.78, 5) is 31.7. The van der Waals surface area contributed by atoms with Gasteiger partial charge in [0, 0.05) is 36.1 Å². The van der Waals surface area contributed by atoms with Gasteiger partial charge in [0.1, 0.15) is 0 Å². The third-order valence-electron chi connectivity index (χ3n) is 4.52. The molecule has 4 rings (SSSR count). The van der Waals surface area contributed by atoms with Crippen molar-refractivity contribution in [2.24, 2.45) is 0 Å². The lowest BCUT2D eigenvalue weighted by molar-refractivity contribution is -0.113. The third-order valence-corrected chi connectivity index (χ3v) is 6.25. The number of aromatic nitrogens is 2. The molecule has 0 atom stereocenters. The van der Waals surface area contributed by atoms with E-state index < -0.39 is 0 Å². The summed E-state index contributed by atoms with van der Waals surface area (Å²) in [6.45, 7) is 0. The summed E-state index contributed by atoms with van der Waals surface area (Å²) in [7, 11) is 1.97. The number of carbonyl (C=O) groups excluding carboxylic acids is 1. The van der Waals surface area contributed by atoms with Crippen molar-refractivity contribution in [1.29, 1.82) is 0 Å². The van der Waals surface area contributed by atoms with Crippen molar-refractivity contribution in [2.45, 2.75) is 5.75 Å². The van der Waals surface area contributed by atoms with E-state index in [1.54, 1.807) is 6.20 Å². The van der Waals surface area contributed by atoms with Gasteiger partial charge < -0.3 is 10.2 Å². The monoisotopic (exact) mass is 436 g/mol. The average Bonchev–Trinajstić information content (AvgIpc) is 3.24. The van der Waals surface area contributed by atoms with Gasteiger partial charge >= 0.3 is 0 Å². The van der Waals surface area contributed by atoms with Crippen molar-refractivity contribution in [3.05, 3.63) is 88.3 Å². The topological polar surface area (TPSA) is 66.7 Å². The van der Waals surface area contributed by atoms with Gasteiger partial charge in [0.15, 0.2) is 4.96 Å². The van der Waals surface area contributed by atoms with Gasteiger partial charge in [-0.3, -0.25) is 14.0 Å². The molecule has 0 fully saturated rings. The normalized spacial score (nSPS) is 10.8.